The lowest BCUT2D eigenvalue weighted by molar-refractivity contribution is -0.125. The first kappa shape index (κ1) is 14.0. The van der Waals surface area contributed by atoms with Gasteiger partial charge in [-0.15, -0.1) is 0 Å². The number of hydrogen-bond donors (Lipinski definition) is 2. The highest BCUT2D eigenvalue weighted by Crippen LogP contribution is 2.20. The fourth-order valence-electron chi connectivity index (χ4n) is 1.13. The van der Waals surface area contributed by atoms with Gasteiger partial charge in [-0.25, -0.2) is 18.0 Å². The molecule has 0 unspecified atom stereocenters. The number of rotatable bonds is 3. The summed E-state index contributed by atoms with van der Waals surface area (Å²) in [5.74, 6) is -5.57. The Kier molecular flexibility index (Phi) is 3.64. The van der Waals surface area contributed by atoms with Crippen LogP contribution in [-0.4, -0.2) is 22.7 Å². The fraction of sp³-hybridized carbons (Fsp3) is 0.273. The predicted octanol–water partition coefficient (Wildman–Crippen LogP) is 2.35. The summed E-state index contributed by atoms with van der Waals surface area (Å²) in [6.07, 6.45) is 0. The van der Waals surface area contributed by atoms with Crippen molar-refractivity contribution in [2.45, 2.75) is 19.5 Å². The minimum absolute atomic E-state index is 0.356. The number of halogens is 3. The van der Waals surface area contributed by atoms with Crippen LogP contribution in [0.5, 0.6) is 0 Å². The Morgan fingerprint density at radius 2 is 1.67 bits per heavy atom. The van der Waals surface area contributed by atoms with E-state index >= 15 is 0 Å². The average molecular weight is 261 g/mol. The number of alkyl halides is 1. The van der Waals surface area contributed by atoms with Gasteiger partial charge in [-0.05, 0) is 26.0 Å². The Labute approximate surface area is 100 Å². The first-order valence-corrected chi connectivity index (χ1v) is 4.85. The van der Waals surface area contributed by atoms with Gasteiger partial charge in [-0.2, -0.15) is 0 Å². The van der Waals surface area contributed by atoms with Crippen LogP contribution in [0.3, 0.4) is 0 Å². The van der Waals surface area contributed by atoms with Gasteiger partial charge in [0.1, 0.15) is 17.2 Å². The number of hydrogen-bond acceptors (Lipinski definition) is 2. The first-order chi connectivity index (χ1) is 8.12. The number of amides is 1. The standard InChI is InChI=1S/C11H10F3NO3/c1-11(2,14)10(18)15-5-3-6(12)8(9(16)17)7(13)4-5/h3-4H,1-2H3,(H,15,18)(H,16,17). The maximum Gasteiger partial charge on any atom is 0.341 e. The zero-order chi connectivity index (χ0) is 14.1. The summed E-state index contributed by atoms with van der Waals surface area (Å²) in [6, 6.07) is 1.21. The summed E-state index contributed by atoms with van der Waals surface area (Å²) >= 11 is 0. The van der Waals surface area contributed by atoms with Crippen molar-refractivity contribution >= 4 is 17.6 Å². The molecular weight excluding hydrogens is 251 g/mol. The van der Waals surface area contributed by atoms with Gasteiger partial charge in [0.25, 0.3) is 5.91 Å². The molecule has 0 saturated carbocycles. The number of nitrogens with one attached hydrogen (secondary N) is 1. The summed E-state index contributed by atoms with van der Waals surface area (Å²) in [7, 11) is 0. The van der Waals surface area contributed by atoms with Crippen molar-refractivity contribution < 1.29 is 27.9 Å². The summed E-state index contributed by atoms with van der Waals surface area (Å²) in [5, 5.41) is 10.5. The zero-order valence-electron chi connectivity index (χ0n) is 9.55. The SMILES string of the molecule is CC(C)(F)C(=O)Nc1cc(F)c(C(=O)O)c(F)c1. The predicted molar refractivity (Wildman–Crippen MR) is 57.1 cm³/mol. The third kappa shape index (κ3) is 2.99. The van der Waals surface area contributed by atoms with E-state index in [1.54, 1.807) is 0 Å². The molecule has 0 heterocycles. The molecule has 0 aliphatic rings. The van der Waals surface area contributed by atoms with Crippen LogP contribution in [-0.2, 0) is 4.79 Å². The van der Waals surface area contributed by atoms with E-state index in [0.717, 1.165) is 13.8 Å². The lowest BCUT2D eigenvalue weighted by Gasteiger charge is -2.14. The Bertz CT molecular complexity index is 486. The fourth-order valence-corrected chi connectivity index (χ4v) is 1.13. The Morgan fingerprint density at radius 1 is 1.22 bits per heavy atom. The minimum Gasteiger partial charge on any atom is -0.477 e. The van der Waals surface area contributed by atoms with E-state index in [2.05, 4.69) is 0 Å². The van der Waals surface area contributed by atoms with Crippen LogP contribution < -0.4 is 5.32 Å². The van der Waals surface area contributed by atoms with Crippen LogP contribution in [0, 0.1) is 11.6 Å². The normalized spacial score (nSPS) is 11.2. The van der Waals surface area contributed by atoms with Crippen molar-refractivity contribution in [3.05, 3.63) is 29.3 Å². The summed E-state index contributed by atoms with van der Waals surface area (Å²) < 4.78 is 39.7. The molecule has 0 aliphatic carbocycles. The second-order valence-electron chi connectivity index (χ2n) is 4.05. The minimum atomic E-state index is -2.22. The van der Waals surface area contributed by atoms with Crippen molar-refractivity contribution in [1.82, 2.24) is 0 Å². The molecule has 0 atom stereocenters. The van der Waals surface area contributed by atoms with Gasteiger partial charge in [0.05, 0.1) is 0 Å². The van der Waals surface area contributed by atoms with Crippen LogP contribution >= 0.6 is 0 Å². The Morgan fingerprint density at radius 3 is 2.00 bits per heavy atom. The molecule has 0 radical (unpaired) electrons. The lowest BCUT2D eigenvalue weighted by atomic mass is 10.1. The number of aromatic carboxylic acids is 1. The molecule has 0 fully saturated rings. The number of carbonyl (C=O) groups is 2. The molecule has 1 aromatic rings. The van der Waals surface area contributed by atoms with Gasteiger partial charge < -0.3 is 10.4 Å². The van der Waals surface area contributed by atoms with E-state index in [1.165, 1.54) is 0 Å². The van der Waals surface area contributed by atoms with Crippen molar-refractivity contribution in [2.75, 3.05) is 5.32 Å². The average Bonchev–Trinajstić information content (AvgIpc) is 2.13. The van der Waals surface area contributed by atoms with Crippen LogP contribution in [0.25, 0.3) is 0 Å². The van der Waals surface area contributed by atoms with E-state index in [4.69, 9.17) is 5.11 Å². The second kappa shape index (κ2) is 4.67. The molecule has 1 amide bonds. The molecule has 0 aliphatic heterocycles. The maximum absolute atomic E-state index is 13.2. The van der Waals surface area contributed by atoms with Gasteiger partial charge in [0, 0.05) is 5.69 Å². The summed E-state index contributed by atoms with van der Waals surface area (Å²) in [4.78, 5) is 21.7. The third-order valence-corrected chi connectivity index (χ3v) is 2.05. The zero-order valence-corrected chi connectivity index (χ0v) is 9.55. The van der Waals surface area contributed by atoms with Gasteiger partial charge in [-0.3, -0.25) is 4.79 Å². The smallest absolute Gasteiger partial charge is 0.341 e. The molecule has 0 bridgehead atoms. The summed E-state index contributed by atoms with van der Waals surface area (Å²) in [6.45, 7) is 1.95. The summed E-state index contributed by atoms with van der Waals surface area (Å²) in [5.41, 5.74) is -3.71. The van der Waals surface area contributed by atoms with Crippen LogP contribution in [0.1, 0.15) is 24.2 Å². The Balaban J connectivity index is 3.08. The molecule has 1 aromatic carbocycles. The largest absolute Gasteiger partial charge is 0.477 e. The van der Waals surface area contributed by atoms with Crippen LogP contribution in [0.15, 0.2) is 12.1 Å². The molecule has 2 N–H and O–H groups in total. The van der Waals surface area contributed by atoms with Crippen LogP contribution in [0.2, 0.25) is 0 Å². The van der Waals surface area contributed by atoms with E-state index in [9.17, 15) is 22.8 Å². The van der Waals surface area contributed by atoms with Crippen molar-refractivity contribution in [1.29, 1.82) is 0 Å². The van der Waals surface area contributed by atoms with Crippen LogP contribution in [0.4, 0.5) is 18.9 Å². The van der Waals surface area contributed by atoms with E-state index in [1.807, 2.05) is 5.32 Å². The van der Waals surface area contributed by atoms with E-state index in [0.29, 0.717) is 12.1 Å². The van der Waals surface area contributed by atoms with Gasteiger partial charge in [0.15, 0.2) is 5.67 Å². The van der Waals surface area contributed by atoms with Crippen molar-refractivity contribution in [3.63, 3.8) is 0 Å². The van der Waals surface area contributed by atoms with Gasteiger partial charge >= 0.3 is 5.97 Å². The topological polar surface area (TPSA) is 66.4 Å². The van der Waals surface area contributed by atoms with Crippen molar-refractivity contribution in [3.8, 4) is 0 Å². The number of carboxylic acid groups (broad SMARTS) is 1. The molecule has 0 saturated heterocycles. The van der Waals surface area contributed by atoms with E-state index in [-0.39, 0.29) is 5.69 Å². The monoisotopic (exact) mass is 261 g/mol. The molecule has 7 heteroatoms. The highest BCUT2D eigenvalue weighted by Gasteiger charge is 2.27. The number of carbonyl (C=O) groups excluding carboxylic acids is 1. The van der Waals surface area contributed by atoms with Crippen molar-refractivity contribution in [2.24, 2.45) is 0 Å². The number of anilines is 1. The van der Waals surface area contributed by atoms with E-state index < -0.39 is 34.7 Å². The highest BCUT2D eigenvalue weighted by atomic mass is 19.1. The molecule has 0 spiro atoms. The molecule has 18 heavy (non-hydrogen) atoms. The molecule has 4 nitrogen and oxygen atoms in total. The highest BCUT2D eigenvalue weighted by molar-refractivity contribution is 5.97. The molecule has 0 aromatic heterocycles. The molecule has 1 rings (SSSR count). The second-order valence-corrected chi connectivity index (χ2v) is 4.05. The molecular formula is C11H10F3NO3. The molecule has 98 valence electrons. The first-order valence-electron chi connectivity index (χ1n) is 4.85. The Hall–Kier alpha value is -2.05. The van der Waals surface area contributed by atoms with Gasteiger partial charge in [0.2, 0.25) is 0 Å². The third-order valence-electron chi connectivity index (χ3n) is 2.05. The quantitative estimate of drug-likeness (QED) is 0.877. The maximum atomic E-state index is 13.2. The van der Waals surface area contributed by atoms with Gasteiger partial charge in [-0.1, -0.05) is 0 Å². The number of benzene rings is 1. The lowest BCUT2D eigenvalue weighted by Crippen LogP contribution is -2.32. The number of carboxylic acids is 1.